The van der Waals surface area contributed by atoms with E-state index in [0.717, 1.165) is 18.4 Å². The summed E-state index contributed by atoms with van der Waals surface area (Å²) in [5.74, 6) is 0.477. The molecule has 3 rings (SSSR count). The molecule has 1 aromatic carbocycles. The third-order valence-electron chi connectivity index (χ3n) is 6.66. The van der Waals surface area contributed by atoms with E-state index in [9.17, 15) is 9.90 Å². The Bertz CT molecular complexity index is 837. The molecule has 0 unspecified atom stereocenters. The fraction of sp³-hybridized carbons (Fsp3) is 0.640. The second-order valence-corrected chi connectivity index (χ2v) is 9.31. The molecular formula is C25H36O7. The number of allylic oxidation sites excluding steroid dienone is 1. The Morgan fingerprint density at radius 3 is 2.31 bits per heavy atom. The fourth-order valence-electron chi connectivity index (χ4n) is 4.80. The van der Waals surface area contributed by atoms with Crippen molar-refractivity contribution in [1.29, 1.82) is 0 Å². The summed E-state index contributed by atoms with van der Waals surface area (Å²) in [7, 11) is 4.51. The van der Waals surface area contributed by atoms with E-state index in [1.807, 2.05) is 27.7 Å². The topological polar surface area (TPSA) is 86.8 Å². The van der Waals surface area contributed by atoms with Crippen LogP contribution >= 0.6 is 0 Å². The Labute approximate surface area is 190 Å². The molecule has 1 aliphatic carbocycles. The van der Waals surface area contributed by atoms with E-state index in [1.165, 1.54) is 21.3 Å². The fourth-order valence-corrected chi connectivity index (χ4v) is 4.80. The number of esters is 1. The summed E-state index contributed by atoms with van der Waals surface area (Å²) in [5.41, 5.74) is 1.10. The van der Waals surface area contributed by atoms with Crippen LogP contribution < -0.4 is 14.2 Å². The molecule has 1 aromatic rings. The average Bonchev–Trinajstić information content (AvgIpc) is 3.43. The summed E-state index contributed by atoms with van der Waals surface area (Å²) in [6.07, 6.45) is 3.00. The lowest BCUT2D eigenvalue weighted by molar-refractivity contribution is -0.0419. The molecule has 0 aromatic heterocycles. The maximum absolute atomic E-state index is 13.2. The van der Waals surface area contributed by atoms with Gasteiger partial charge in [-0.1, -0.05) is 25.5 Å². The van der Waals surface area contributed by atoms with Crippen molar-refractivity contribution < 1.29 is 33.6 Å². The molecule has 1 aliphatic heterocycles. The van der Waals surface area contributed by atoms with Crippen LogP contribution in [0.2, 0.25) is 0 Å². The molecule has 0 amide bonds. The van der Waals surface area contributed by atoms with Gasteiger partial charge in [0.2, 0.25) is 5.75 Å². The van der Waals surface area contributed by atoms with Crippen molar-refractivity contribution in [3.8, 4) is 17.2 Å². The van der Waals surface area contributed by atoms with Crippen molar-refractivity contribution in [3.05, 3.63) is 29.3 Å². The van der Waals surface area contributed by atoms with E-state index in [-0.39, 0.29) is 23.5 Å². The van der Waals surface area contributed by atoms with Gasteiger partial charge < -0.3 is 28.8 Å². The van der Waals surface area contributed by atoms with Crippen LogP contribution in [0.5, 0.6) is 17.2 Å². The van der Waals surface area contributed by atoms with Gasteiger partial charge in [0.25, 0.3) is 0 Å². The number of ether oxygens (including phenoxy) is 5. The standard InChI is InChI=1S/C25H36O7/c1-14(2)20-17(11-15(3)9-8-10-25(4)23(32-25)21(20)26)31-24(27)16-12-18(28-5)22(30-7)19(13-16)29-6/h9,12-14,17,20-21,23,26H,8,10-11H2,1-7H3/t17-,20-,21-,23+,25-/m0/s1. The monoisotopic (exact) mass is 448 g/mol. The first-order valence-corrected chi connectivity index (χ1v) is 11.2. The zero-order chi connectivity index (χ0) is 23.6. The average molecular weight is 449 g/mol. The number of fused-ring (bicyclic) bond motifs is 1. The molecule has 1 N–H and O–H groups in total. The highest BCUT2D eigenvalue weighted by Crippen LogP contribution is 2.47. The minimum atomic E-state index is -0.719. The van der Waals surface area contributed by atoms with E-state index in [2.05, 4.69) is 6.08 Å². The van der Waals surface area contributed by atoms with Gasteiger partial charge in [-0.15, -0.1) is 0 Å². The number of benzene rings is 1. The van der Waals surface area contributed by atoms with Gasteiger partial charge in [-0.2, -0.15) is 0 Å². The van der Waals surface area contributed by atoms with Gasteiger partial charge in [0.15, 0.2) is 11.5 Å². The summed E-state index contributed by atoms with van der Waals surface area (Å²) in [4.78, 5) is 13.2. The second kappa shape index (κ2) is 9.71. The molecule has 0 spiro atoms. The minimum absolute atomic E-state index is 0.0865. The molecule has 2 aliphatic rings. The molecule has 0 bridgehead atoms. The summed E-state index contributed by atoms with van der Waals surface area (Å²) >= 11 is 0. The predicted octanol–water partition coefficient (Wildman–Crippen LogP) is 4.16. The zero-order valence-corrected chi connectivity index (χ0v) is 20.1. The van der Waals surface area contributed by atoms with Gasteiger partial charge in [0.05, 0.1) is 38.6 Å². The van der Waals surface area contributed by atoms with Crippen LogP contribution in [0, 0.1) is 11.8 Å². The van der Waals surface area contributed by atoms with Crippen LogP contribution in [0.4, 0.5) is 0 Å². The quantitative estimate of drug-likeness (QED) is 0.397. The highest BCUT2D eigenvalue weighted by atomic mass is 16.6. The number of hydrogen-bond donors (Lipinski definition) is 1. The van der Waals surface area contributed by atoms with Gasteiger partial charge in [0.1, 0.15) is 12.2 Å². The molecule has 1 saturated heterocycles. The van der Waals surface area contributed by atoms with Crippen molar-refractivity contribution in [3.63, 3.8) is 0 Å². The predicted molar refractivity (Wildman–Crippen MR) is 121 cm³/mol. The highest BCUT2D eigenvalue weighted by Gasteiger charge is 2.58. The normalized spacial score (nSPS) is 30.1. The molecule has 7 nitrogen and oxygen atoms in total. The first-order valence-electron chi connectivity index (χ1n) is 11.2. The molecule has 5 atom stereocenters. The van der Waals surface area contributed by atoms with Crippen LogP contribution in [0.1, 0.15) is 57.3 Å². The SMILES string of the molecule is COc1cc(C(=O)O[C@H]2CC(C)=CCC[C@]3(C)O[C@@H]3[C@@H](O)[C@H]2C(C)C)cc(OC)c1OC. The Morgan fingerprint density at radius 2 is 1.78 bits per heavy atom. The van der Waals surface area contributed by atoms with Crippen molar-refractivity contribution >= 4 is 5.97 Å². The van der Waals surface area contributed by atoms with Crippen LogP contribution in [0.3, 0.4) is 0 Å². The number of aliphatic hydroxyl groups excluding tert-OH is 1. The van der Waals surface area contributed by atoms with Crippen molar-refractivity contribution in [1.82, 2.24) is 0 Å². The van der Waals surface area contributed by atoms with Crippen molar-refractivity contribution in [2.45, 2.75) is 70.9 Å². The summed E-state index contributed by atoms with van der Waals surface area (Å²) in [5, 5.41) is 11.2. The van der Waals surface area contributed by atoms with Crippen molar-refractivity contribution in [2.24, 2.45) is 11.8 Å². The molecule has 0 radical (unpaired) electrons. The smallest absolute Gasteiger partial charge is 0.338 e. The molecule has 32 heavy (non-hydrogen) atoms. The summed E-state index contributed by atoms with van der Waals surface area (Å²) in [6, 6.07) is 3.16. The van der Waals surface area contributed by atoms with E-state index >= 15 is 0 Å². The van der Waals surface area contributed by atoms with E-state index < -0.39 is 18.2 Å². The van der Waals surface area contributed by atoms with Crippen LogP contribution in [-0.4, -0.2) is 56.3 Å². The molecule has 178 valence electrons. The number of methoxy groups -OCH3 is 3. The lowest BCUT2D eigenvalue weighted by Crippen LogP contribution is -2.43. The third-order valence-corrected chi connectivity index (χ3v) is 6.66. The number of hydrogen-bond acceptors (Lipinski definition) is 7. The molecular weight excluding hydrogens is 412 g/mol. The molecule has 1 fully saturated rings. The lowest BCUT2D eigenvalue weighted by atomic mass is 9.78. The van der Waals surface area contributed by atoms with Crippen LogP contribution in [0.15, 0.2) is 23.8 Å². The Balaban J connectivity index is 1.93. The van der Waals surface area contributed by atoms with Gasteiger partial charge >= 0.3 is 5.97 Å². The maximum atomic E-state index is 13.2. The number of carbonyl (C=O) groups is 1. The summed E-state index contributed by atoms with van der Waals surface area (Å²) in [6.45, 7) is 8.16. The minimum Gasteiger partial charge on any atom is -0.493 e. The van der Waals surface area contributed by atoms with E-state index in [0.29, 0.717) is 29.2 Å². The van der Waals surface area contributed by atoms with Crippen molar-refractivity contribution in [2.75, 3.05) is 21.3 Å². The van der Waals surface area contributed by atoms with E-state index in [1.54, 1.807) is 12.1 Å². The van der Waals surface area contributed by atoms with Gasteiger partial charge in [-0.05, 0) is 44.7 Å². The van der Waals surface area contributed by atoms with Gasteiger partial charge in [-0.25, -0.2) is 4.79 Å². The lowest BCUT2D eigenvalue weighted by Gasteiger charge is -2.34. The molecule has 7 heteroatoms. The maximum Gasteiger partial charge on any atom is 0.338 e. The highest BCUT2D eigenvalue weighted by molar-refractivity contribution is 5.91. The largest absolute Gasteiger partial charge is 0.493 e. The number of aliphatic hydroxyl groups is 1. The zero-order valence-electron chi connectivity index (χ0n) is 20.1. The number of epoxide rings is 1. The first-order chi connectivity index (χ1) is 15.1. The Morgan fingerprint density at radius 1 is 1.16 bits per heavy atom. The Hall–Kier alpha value is -2.25. The number of carbonyl (C=O) groups excluding carboxylic acids is 1. The van der Waals surface area contributed by atoms with E-state index in [4.69, 9.17) is 23.7 Å². The molecule has 0 saturated carbocycles. The van der Waals surface area contributed by atoms with Gasteiger partial charge in [0, 0.05) is 12.3 Å². The van der Waals surface area contributed by atoms with Crippen LogP contribution in [-0.2, 0) is 9.47 Å². The molecule has 1 heterocycles. The van der Waals surface area contributed by atoms with Crippen LogP contribution in [0.25, 0.3) is 0 Å². The first kappa shape index (κ1) is 24.4. The number of rotatable bonds is 6. The second-order valence-electron chi connectivity index (χ2n) is 9.31. The third kappa shape index (κ3) is 4.89. The van der Waals surface area contributed by atoms with Gasteiger partial charge in [-0.3, -0.25) is 0 Å². The summed E-state index contributed by atoms with van der Waals surface area (Å²) < 4.78 is 28.1. The Kier molecular flexibility index (Phi) is 7.40.